The van der Waals surface area contributed by atoms with E-state index in [0.29, 0.717) is 11.1 Å². The molecule has 1 amide bonds. The number of fused-ring (bicyclic) bond motifs is 1. The van der Waals surface area contributed by atoms with Gasteiger partial charge in [0.05, 0.1) is 5.52 Å². The van der Waals surface area contributed by atoms with Gasteiger partial charge in [-0.25, -0.2) is 4.98 Å². The molecule has 1 saturated carbocycles. The molecule has 0 saturated heterocycles. The van der Waals surface area contributed by atoms with Crippen LogP contribution >= 0.6 is 11.6 Å². The summed E-state index contributed by atoms with van der Waals surface area (Å²) in [5.74, 6) is -0.515. The van der Waals surface area contributed by atoms with E-state index in [1.165, 1.54) is 6.20 Å². The topological polar surface area (TPSA) is 87.1 Å². The number of hydrogen-bond donors (Lipinski definition) is 3. The number of aromatic hydroxyl groups is 1. The van der Waals surface area contributed by atoms with E-state index in [4.69, 9.17) is 11.6 Å². The molecular weight excluding hydrogens is 376 g/mol. The van der Waals surface area contributed by atoms with Crippen molar-refractivity contribution in [3.8, 4) is 5.88 Å². The van der Waals surface area contributed by atoms with Crippen LogP contribution in [0.3, 0.4) is 0 Å². The molecule has 0 bridgehead atoms. The number of benzene rings is 1. The highest BCUT2D eigenvalue weighted by Gasteiger charge is 2.24. The van der Waals surface area contributed by atoms with Crippen molar-refractivity contribution in [3.05, 3.63) is 59.4 Å². The number of halogens is 1. The van der Waals surface area contributed by atoms with Gasteiger partial charge in [0.1, 0.15) is 5.56 Å². The number of carbonyl (C=O) groups is 1. The monoisotopic (exact) mass is 396 g/mol. The maximum atomic E-state index is 12.3. The molecule has 4 rings (SSSR count). The third-order valence-corrected chi connectivity index (χ3v) is 5.39. The van der Waals surface area contributed by atoms with Crippen LogP contribution in [0.15, 0.2) is 48.8 Å². The van der Waals surface area contributed by atoms with Crippen molar-refractivity contribution in [1.29, 1.82) is 0 Å². The number of pyridine rings is 2. The first kappa shape index (κ1) is 18.5. The van der Waals surface area contributed by atoms with Gasteiger partial charge >= 0.3 is 0 Å². The Morgan fingerprint density at radius 3 is 2.61 bits per heavy atom. The minimum absolute atomic E-state index is 0.0955. The van der Waals surface area contributed by atoms with Crippen LogP contribution in [0.25, 0.3) is 10.9 Å². The van der Waals surface area contributed by atoms with Crippen LogP contribution in [0.5, 0.6) is 5.88 Å². The molecule has 0 aliphatic heterocycles. The number of nitrogens with zero attached hydrogens (tertiary/aromatic N) is 2. The van der Waals surface area contributed by atoms with Crippen LogP contribution < -0.4 is 10.6 Å². The Bertz CT molecular complexity index is 1000. The van der Waals surface area contributed by atoms with E-state index in [2.05, 4.69) is 20.6 Å². The molecule has 2 heterocycles. The molecule has 3 N–H and O–H groups in total. The molecule has 1 aliphatic rings. The highest BCUT2D eigenvalue weighted by Crippen LogP contribution is 2.28. The van der Waals surface area contributed by atoms with Crippen LogP contribution in [-0.4, -0.2) is 33.1 Å². The lowest BCUT2D eigenvalue weighted by Gasteiger charge is -2.30. The van der Waals surface area contributed by atoms with E-state index >= 15 is 0 Å². The molecule has 28 heavy (non-hydrogen) atoms. The summed E-state index contributed by atoms with van der Waals surface area (Å²) in [6.07, 6.45) is 6.88. The van der Waals surface area contributed by atoms with Gasteiger partial charge < -0.3 is 15.7 Å². The molecule has 0 unspecified atom stereocenters. The molecule has 1 aliphatic carbocycles. The molecule has 0 radical (unpaired) electrons. The summed E-state index contributed by atoms with van der Waals surface area (Å²) in [7, 11) is 0. The second-order valence-electron chi connectivity index (χ2n) is 7.06. The van der Waals surface area contributed by atoms with Crippen molar-refractivity contribution in [1.82, 2.24) is 15.3 Å². The number of aromatic nitrogens is 2. The van der Waals surface area contributed by atoms with Crippen LogP contribution in [0, 0.1) is 0 Å². The maximum absolute atomic E-state index is 12.3. The summed E-state index contributed by atoms with van der Waals surface area (Å²) in [4.78, 5) is 20.5. The second-order valence-corrected chi connectivity index (χ2v) is 7.50. The summed E-state index contributed by atoms with van der Waals surface area (Å²) >= 11 is 6.06. The van der Waals surface area contributed by atoms with Crippen molar-refractivity contribution < 1.29 is 9.90 Å². The maximum Gasteiger partial charge on any atom is 0.256 e. The van der Waals surface area contributed by atoms with Crippen molar-refractivity contribution in [2.75, 3.05) is 5.32 Å². The van der Waals surface area contributed by atoms with E-state index in [-0.39, 0.29) is 23.4 Å². The lowest BCUT2D eigenvalue weighted by molar-refractivity contribution is 0.0923. The van der Waals surface area contributed by atoms with Gasteiger partial charge in [-0.15, -0.1) is 0 Å². The first-order chi connectivity index (χ1) is 13.6. The largest absolute Gasteiger partial charge is 0.493 e. The number of hydrogen-bond acceptors (Lipinski definition) is 5. The normalized spacial score (nSPS) is 19.3. The Hall–Kier alpha value is -2.86. The molecular formula is C21H21ClN4O2. The van der Waals surface area contributed by atoms with Gasteiger partial charge in [0.25, 0.3) is 5.91 Å². The van der Waals surface area contributed by atoms with E-state index in [1.54, 1.807) is 18.3 Å². The van der Waals surface area contributed by atoms with Crippen LogP contribution in [0.2, 0.25) is 5.02 Å². The van der Waals surface area contributed by atoms with Gasteiger partial charge in [0.2, 0.25) is 5.88 Å². The second kappa shape index (κ2) is 8.02. The van der Waals surface area contributed by atoms with Gasteiger partial charge in [-0.05, 0) is 62.1 Å². The average Bonchev–Trinajstić information content (AvgIpc) is 2.69. The molecule has 0 spiro atoms. The van der Waals surface area contributed by atoms with Crippen LogP contribution in [0.1, 0.15) is 36.0 Å². The third-order valence-electron chi connectivity index (χ3n) is 5.16. The van der Waals surface area contributed by atoms with Crippen molar-refractivity contribution >= 4 is 34.1 Å². The lowest BCUT2D eigenvalue weighted by Crippen LogP contribution is -2.40. The summed E-state index contributed by atoms with van der Waals surface area (Å²) < 4.78 is 0. The molecule has 1 fully saturated rings. The molecule has 3 aromatic rings. The van der Waals surface area contributed by atoms with Crippen LogP contribution in [0.4, 0.5) is 5.69 Å². The van der Waals surface area contributed by atoms with Gasteiger partial charge in [0, 0.05) is 40.6 Å². The van der Waals surface area contributed by atoms with Gasteiger partial charge in [-0.2, -0.15) is 0 Å². The van der Waals surface area contributed by atoms with Crippen molar-refractivity contribution in [2.45, 2.75) is 37.8 Å². The highest BCUT2D eigenvalue weighted by molar-refractivity contribution is 6.31. The Balaban J connectivity index is 1.36. The predicted octanol–water partition coefficient (Wildman–Crippen LogP) is 4.14. The van der Waals surface area contributed by atoms with Gasteiger partial charge in [-0.1, -0.05) is 11.6 Å². The number of anilines is 1. The number of carbonyl (C=O) groups excluding carboxylic acids is 1. The van der Waals surface area contributed by atoms with E-state index in [1.807, 2.05) is 24.3 Å². The number of rotatable bonds is 4. The fraction of sp³-hybridized carbons (Fsp3) is 0.286. The summed E-state index contributed by atoms with van der Waals surface area (Å²) in [6.45, 7) is 0. The standard InChI is InChI=1S/C21H21ClN4O2/c22-13-3-8-16-18(9-11-23-19(16)12-13)25-14-4-6-15(7-5-14)26-21(28)17-2-1-10-24-20(17)27/h1-3,8-12,14-15H,4-7H2,(H,23,25)(H,24,27)(H,26,28)/t14-,15+. The Morgan fingerprint density at radius 2 is 1.82 bits per heavy atom. The minimum atomic E-state index is -0.279. The van der Waals surface area contributed by atoms with E-state index in [0.717, 1.165) is 42.3 Å². The number of amides is 1. The molecule has 2 aromatic heterocycles. The zero-order valence-electron chi connectivity index (χ0n) is 15.2. The molecule has 6 nitrogen and oxygen atoms in total. The third kappa shape index (κ3) is 4.02. The fourth-order valence-corrected chi connectivity index (χ4v) is 3.85. The lowest BCUT2D eigenvalue weighted by atomic mass is 9.90. The van der Waals surface area contributed by atoms with Gasteiger partial charge in [-0.3, -0.25) is 9.78 Å². The smallest absolute Gasteiger partial charge is 0.256 e. The first-order valence-electron chi connectivity index (χ1n) is 9.36. The summed E-state index contributed by atoms with van der Waals surface area (Å²) in [5, 5.41) is 18.1. The molecule has 1 aromatic carbocycles. The zero-order valence-corrected chi connectivity index (χ0v) is 16.0. The van der Waals surface area contributed by atoms with Crippen LogP contribution in [-0.2, 0) is 0 Å². The Morgan fingerprint density at radius 1 is 1.04 bits per heavy atom. The average molecular weight is 397 g/mol. The number of nitrogens with one attached hydrogen (secondary N) is 2. The SMILES string of the molecule is O=C(N[C@H]1CC[C@@H](Nc2ccnc3cc(Cl)ccc23)CC1)c1cccnc1O. The molecule has 7 heteroatoms. The quantitative estimate of drug-likeness (QED) is 0.616. The fourth-order valence-electron chi connectivity index (χ4n) is 3.69. The predicted molar refractivity (Wildman–Crippen MR) is 110 cm³/mol. The van der Waals surface area contributed by atoms with E-state index in [9.17, 15) is 9.90 Å². The van der Waals surface area contributed by atoms with Crippen molar-refractivity contribution in [3.63, 3.8) is 0 Å². The minimum Gasteiger partial charge on any atom is -0.493 e. The van der Waals surface area contributed by atoms with E-state index < -0.39 is 0 Å². The Labute approximate surface area is 168 Å². The van der Waals surface area contributed by atoms with Gasteiger partial charge in [0.15, 0.2) is 0 Å². The Kier molecular flexibility index (Phi) is 5.30. The molecule has 144 valence electrons. The molecule has 0 atom stereocenters. The summed E-state index contributed by atoms with van der Waals surface area (Å²) in [6, 6.07) is 11.3. The first-order valence-corrected chi connectivity index (χ1v) is 9.73. The van der Waals surface area contributed by atoms with Crippen molar-refractivity contribution in [2.24, 2.45) is 0 Å². The zero-order chi connectivity index (χ0) is 19.5. The summed E-state index contributed by atoms with van der Waals surface area (Å²) in [5.41, 5.74) is 2.13. The highest BCUT2D eigenvalue weighted by atomic mass is 35.5.